The Hall–Kier alpha value is -11.4. The Morgan fingerprint density at radius 3 is 1.16 bits per heavy atom. The molecule has 27 nitrogen and oxygen atoms in total. The van der Waals surface area contributed by atoms with Gasteiger partial charge in [-0.25, -0.2) is 0 Å². The van der Waals surface area contributed by atoms with Gasteiger partial charge in [0.2, 0.25) is 11.6 Å². The van der Waals surface area contributed by atoms with Gasteiger partial charge in [0, 0.05) is 46.2 Å². The van der Waals surface area contributed by atoms with Crippen LogP contribution in [0.25, 0.3) is 0 Å². The number of nitrogens with zero attached hydrogens (tertiary/aromatic N) is 3. The summed E-state index contributed by atoms with van der Waals surface area (Å²) in [5, 5.41) is 121. The number of benzene rings is 7. The van der Waals surface area contributed by atoms with Gasteiger partial charge in [0.25, 0.3) is 0 Å². The van der Waals surface area contributed by atoms with Crippen molar-refractivity contribution < 1.29 is 151 Å². The average Bonchev–Trinajstić information content (AvgIpc) is 0.770. The van der Waals surface area contributed by atoms with Crippen LogP contribution in [0.3, 0.4) is 0 Å². The Morgan fingerprint density at radius 1 is 0.383 bits per heavy atom. The largest absolute Gasteiger partial charge is 1.00 e. The number of ketones is 2. The van der Waals surface area contributed by atoms with Gasteiger partial charge in [-0.3, -0.25) is 24.5 Å². The summed E-state index contributed by atoms with van der Waals surface area (Å²) in [5.74, 6) is -0.147. The van der Waals surface area contributed by atoms with Crippen molar-refractivity contribution in [3.05, 3.63) is 232 Å². The SMILES string of the molecule is C.C.CC1Oc2ccc(C3Oc4cc(O)cc(O)c4C(=O)C3O)cc2OC1c1ccc(O)cn1.CC1Oc2ccc(C3Oc4cc(O)cc(O)c4C(=O)C3O)cc2OC1c1ccc(OCc2ccccc2)cn1.CC1Oc2ccc(C3Oc4cc(O)cc(O)c4C(O)C3O)cc2OC1c1ccc(O)cn1.[B].[H-].[HH].[Na+]. The second-order valence-corrected chi connectivity index (χ2v) is 25.0. The molecule has 16 rings (SSSR count). The number of carbonyl (C=O) groups is 2. The van der Waals surface area contributed by atoms with Crippen LogP contribution in [0.2, 0.25) is 0 Å². The number of aliphatic hydroxyl groups excluding tert-OH is 4. The summed E-state index contributed by atoms with van der Waals surface area (Å²) >= 11 is 0. The zero-order valence-corrected chi connectivity index (χ0v) is 58.1. The monoisotopic (exact) mass is 1470 g/mol. The van der Waals surface area contributed by atoms with Gasteiger partial charge in [0.15, 0.2) is 83.3 Å². The minimum absolute atomic E-state index is 0. The second kappa shape index (κ2) is 32.2. The van der Waals surface area contributed by atoms with E-state index in [0.717, 1.165) is 23.8 Å². The third kappa shape index (κ3) is 15.8. The van der Waals surface area contributed by atoms with Crippen LogP contribution in [0.5, 0.6) is 103 Å². The van der Waals surface area contributed by atoms with Crippen molar-refractivity contribution in [2.24, 2.45) is 0 Å². The molecular weight excluding hydrogens is 1400 g/mol. The van der Waals surface area contributed by atoms with Gasteiger partial charge in [0.05, 0.1) is 41.2 Å². The van der Waals surface area contributed by atoms with Crippen LogP contribution in [-0.2, 0) is 6.61 Å². The van der Waals surface area contributed by atoms with Gasteiger partial charge in [-0.05, 0) is 116 Å². The number of fused-ring (bicyclic) bond motifs is 6. The van der Waals surface area contributed by atoms with Gasteiger partial charge in [-0.15, -0.1) is 0 Å². The van der Waals surface area contributed by atoms with Gasteiger partial charge >= 0.3 is 29.6 Å². The van der Waals surface area contributed by atoms with Gasteiger partial charge in [0.1, 0.15) is 117 Å². The fourth-order valence-electron chi connectivity index (χ4n) is 12.7. The van der Waals surface area contributed by atoms with Crippen molar-refractivity contribution in [1.29, 1.82) is 0 Å². The number of rotatable bonds is 9. The van der Waals surface area contributed by atoms with E-state index in [1.165, 1.54) is 42.7 Å². The molecule has 0 saturated heterocycles. The Morgan fingerprint density at radius 2 is 0.757 bits per heavy atom. The molecule has 0 aliphatic carbocycles. The van der Waals surface area contributed by atoms with E-state index in [9.17, 15) is 70.9 Å². The molecule has 3 radical (unpaired) electrons. The van der Waals surface area contributed by atoms with Gasteiger partial charge < -0.3 is 110 Å². The van der Waals surface area contributed by atoms with Crippen molar-refractivity contribution in [3.8, 4) is 103 Å². The minimum Gasteiger partial charge on any atom is -1.00 e. The zero-order chi connectivity index (χ0) is 72.2. The number of Topliss-reactive ketones (excluding diaryl/α,β-unsaturated/α-hetero) is 2. The van der Waals surface area contributed by atoms with E-state index in [-0.39, 0.29) is 142 Å². The van der Waals surface area contributed by atoms with Gasteiger partial charge in [-0.2, -0.15) is 0 Å². The van der Waals surface area contributed by atoms with Crippen molar-refractivity contribution in [3.63, 3.8) is 0 Å². The molecule has 13 unspecified atom stereocenters. The normalized spacial score (nSPS) is 22.8. The maximum absolute atomic E-state index is 12.8. The molecule has 9 heterocycles. The zero-order valence-electron chi connectivity index (χ0n) is 57.1. The number of phenols is 6. The number of aromatic nitrogens is 3. The number of hydrogen-bond acceptors (Lipinski definition) is 27. The summed E-state index contributed by atoms with van der Waals surface area (Å²) in [5.41, 5.74) is 3.89. The first kappa shape index (κ1) is 78.2. The van der Waals surface area contributed by atoms with Crippen molar-refractivity contribution in [1.82, 2.24) is 15.0 Å². The standard InChI is InChI=1S/C30H25NO8.C23H21NO8.C23H19NO8.2CH4.B.Na.H2.H/c1-16-29(21-9-8-20(14-31-21)36-15-17-5-3-2-4-6-17)38-24-11-18(7-10-23(24)37-16)30-28(35)27(34)26-22(33)12-19(32)13-25(26)39-30;2*1-10-22(14-4-3-12(25)9-24-14)31-17-6-11(2-5-16(17)30-10)23-21(29)20(28)19-15(27)7-13(26)8-18(19)32-23;;;;;;/h2-14,16,28-30,32-33,35H,15H2,1H3;2-10,20-23,25-29H,1H3;2-10,21-23,25-27,29H,1H3;2*1H4;;;1H;/q;;;;;;+1;;-1. The molecule has 0 fully saturated rings. The van der Waals surface area contributed by atoms with E-state index in [1.54, 1.807) is 72.9 Å². The number of aliphatic hydroxyl groups is 4. The predicted octanol–water partition coefficient (Wildman–Crippen LogP) is 8.31. The van der Waals surface area contributed by atoms with Crippen LogP contribution in [0.15, 0.2) is 176 Å². The van der Waals surface area contributed by atoms with Crippen molar-refractivity contribution >= 4 is 20.0 Å². The molecule has 10 aromatic rings. The molecule has 12 N–H and O–H groups in total. The second-order valence-electron chi connectivity index (χ2n) is 25.0. The Balaban J connectivity index is 0.000000202. The van der Waals surface area contributed by atoms with Crippen LogP contribution in [0.1, 0.15) is 147 Å². The molecule has 0 bridgehead atoms. The molecule has 6 aliphatic heterocycles. The maximum Gasteiger partial charge on any atom is 1.00 e. The molecule has 107 heavy (non-hydrogen) atoms. The topological polar surface area (TPSA) is 408 Å². The first-order valence-corrected chi connectivity index (χ1v) is 32.3. The molecule has 551 valence electrons. The summed E-state index contributed by atoms with van der Waals surface area (Å²) in [4.78, 5) is 38.4. The Kier molecular flexibility index (Phi) is 23.5. The fraction of sp³-hybridized carbons (Fsp3) is 0.244. The number of pyridine rings is 3. The number of phenolic OH excluding ortho intramolecular Hbond substituents is 6. The third-order valence-electron chi connectivity index (χ3n) is 17.8. The van der Waals surface area contributed by atoms with E-state index in [1.807, 2.05) is 63.2 Å². The minimum atomic E-state index is -1.58. The molecule has 0 saturated carbocycles. The van der Waals surface area contributed by atoms with Crippen molar-refractivity contribution in [2.45, 2.75) is 122 Å². The molecule has 29 heteroatoms. The van der Waals surface area contributed by atoms with Crippen LogP contribution in [0, 0.1) is 0 Å². The summed E-state index contributed by atoms with van der Waals surface area (Å²) in [6.45, 7) is 5.99. The Bertz CT molecular complexity index is 4890. The molecule has 3 aromatic heterocycles. The first-order chi connectivity index (χ1) is 49.5. The molecule has 6 aliphatic rings. The Labute approximate surface area is 639 Å². The van der Waals surface area contributed by atoms with Gasteiger partial charge in [-0.1, -0.05) is 63.4 Å². The third-order valence-corrected chi connectivity index (χ3v) is 17.8. The molecule has 13 atom stereocenters. The molecule has 0 spiro atoms. The number of aromatic hydroxyl groups is 8. The van der Waals surface area contributed by atoms with E-state index < -0.39 is 84.1 Å². The van der Waals surface area contributed by atoms with Crippen LogP contribution in [0.4, 0.5) is 0 Å². The number of hydrogen-bond donors (Lipinski definition) is 12. The smallest absolute Gasteiger partial charge is 1.00 e. The first-order valence-electron chi connectivity index (χ1n) is 32.3. The summed E-state index contributed by atoms with van der Waals surface area (Å²) in [7, 11) is 0. The summed E-state index contributed by atoms with van der Waals surface area (Å²) in [6.07, 6.45) is -7.49. The summed E-state index contributed by atoms with van der Waals surface area (Å²) < 4.78 is 59.7. The van der Waals surface area contributed by atoms with E-state index in [2.05, 4.69) is 15.0 Å². The van der Waals surface area contributed by atoms with Crippen molar-refractivity contribution in [2.75, 3.05) is 0 Å². The maximum atomic E-state index is 12.8. The number of ether oxygens (including phenoxy) is 10. The summed E-state index contributed by atoms with van der Waals surface area (Å²) in [6, 6.07) is 41.5. The molecule has 0 amide bonds. The fourth-order valence-corrected chi connectivity index (χ4v) is 12.7. The molecule has 7 aromatic carbocycles. The van der Waals surface area contributed by atoms with Crippen LogP contribution < -0.4 is 76.9 Å². The van der Waals surface area contributed by atoms with E-state index in [0.29, 0.717) is 80.6 Å². The predicted molar refractivity (Wildman–Crippen MR) is 380 cm³/mol. The van der Waals surface area contributed by atoms with Crippen LogP contribution in [-0.4, -0.2) is 133 Å². The average molecular weight is 1470 g/mol. The van der Waals surface area contributed by atoms with E-state index in [4.69, 9.17) is 47.4 Å². The quantitative estimate of drug-likeness (QED) is 0.0604. The van der Waals surface area contributed by atoms with E-state index >= 15 is 0 Å². The van der Waals surface area contributed by atoms with Crippen LogP contribution >= 0.6 is 0 Å². The number of carbonyl (C=O) groups excluding carboxylic acids is 2. The molecular formula is C78H76BN3NaO24.